The minimum absolute atomic E-state index is 0.0324. The average Bonchev–Trinajstić information content (AvgIpc) is 2.49. The van der Waals surface area contributed by atoms with Crippen LogP contribution in [0, 0.1) is 10.8 Å². The topological polar surface area (TPSA) is 26.0 Å². The Balaban J connectivity index is 2.38. The molecule has 2 N–H and O–H groups in total. The van der Waals surface area contributed by atoms with E-state index in [2.05, 4.69) is 57.2 Å². The van der Waals surface area contributed by atoms with E-state index in [0.29, 0.717) is 0 Å². The molecular formula is C15H17N. The van der Waals surface area contributed by atoms with Gasteiger partial charge in [0.25, 0.3) is 0 Å². The summed E-state index contributed by atoms with van der Waals surface area (Å²) in [7, 11) is 0. The third-order valence-electron chi connectivity index (χ3n) is 4.55. The number of hydrogen-bond acceptors (Lipinski definition) is 1. The van der Waals surface area contributed by atoms with Crippen LogP contribution in [0.2, 0.25) is 0 Å². The number of rotatable bonds is 0. The smallest absolute Gasteiger partial charge is 0.0324 e. The zero-order valence-electron chi connectivity index (χ0n) is 10.0. The van der Waals surface area contributed by atoms with E-state index >= 15 is 0 Å². The molecule has 0 bridgehead atoms. The molecule has 82 valence electrons. The van der Waals surface area contributed by atoms with E-state index in [9.17, 15) is 0 Å². The van der Waals surface area contributed by atoms with Crippen molar-refractivity contribution in [2.75, 3.05) is 0 Å². The maximum absolute atomic E-state index is 6.16. The highest BCUT2D eigenvalue weighted by molar-refractivity contribution is 5.63. The fraction of sp³-hybridized carbons (Fsp3) is 0.333. The van der Waals surface area contributed by atoms with Crippen LogP contribution in [0.3, 0.4) is 0 Å². The van der Waals surface area contributed by atoms with Gasteiger partial charge >= 0.3 is 0 Å². The third-order valence-corrected chi connectivity index (χ3v) is 4.55. The minimum Gasteiger partial charge on any atom is -0.399 e. The lowest BCUT2D eigenvalue weighted by molar-refractivity contribution is 0.323. The molecule has 1 nitrogen and oxygen atoms in total. The Morgan fingerprint density at radius 1 is 1.19 bits per heavy atom. The summed E-state index contributed by atoms with van der Waals surface area (Å²) in [5.74, 6) is 0. The molecule has 0 fully saturated rings. The predicted molar refractivity (Wildman–Crippen MR) is 67.5 cm³/mol. The van der Waals surface area contributed by atoms with Crippen molar-refractivity contribution in [3.8, 4) is 0 Å². The molecule has 0 amide bonds. The summed E-state index contributed by atoms with van der Waals surface area (Å²) >= 11 is 0. The second-order valence-electron chi connectivity index (χ2n) is 5.38. The Hall–Kier alpha value is -1.50. The summed E-state index contributed by atoms with van der Waals surface area (Å²) in [6.07, 6.45) is 13.2. The van der Waals surface area contributed by atoms with Gasteiger partial charge in [-0.05, 0) is 23.6 Å². The summed E-state index contributed by atoms with van der Waals surface area (Å²) < 4.78 is 0. The first-order valence-electron chi connectivity index (χ1n) is 5.77. The average molecular weight is 211 g/mol. The lowest BCUT2D eigenvalue weighted by atomic mass is 9.65. The van der Waals surface area contributed by atoms with Crippen molar-refractivity contribution in [2.24, 2.45) is 16.6 Å². The van der Waals surface area contributed by atoms with Gasteiger partial charge in [-0.3, -0.25) is 0 Å². The second kappa shape index (κ2) is 2.60. The van der Waals surface area contributed by atoms with Gasteiger partial charge < -0.3 is 5.73 Å². The van der Waals surface area contributed by atoms with E-state index in [-0.39, 0.29) is 10.8 Å². The van der Waals surface area contributed by atoms with Crippen molar-refractivity contribution in [2.45, 2.75) is 20.8 Å². The van der Waals surface area contributed by atoms with E-state index in [1.54, 1.807) is 0 Å². The molecule has 0 saturated heterocycles. The molecule has 0 aromatic heterocycles. The van der Waals surface area contributed by atoms with Gasteiger partial charge in [0.05, 0.1) is 0 Å². The first kappa shape index (κ1) is 9.71. The van der Waals surface area contributed by atoms with E-state index in [0.717, 1.165) is 5.70 Å². The molecule has 2 unspecified atom stereocenters. The molecule has 3 rings (SSSR count). The van der Waals surface area contributed by atoms with Crippen LogP contribution in [0.5, 0.6) is 0 Å². The quantitative estimate of drug-likeness (QED) is 0.654. The van der Waals surface area contributed by atoms with Gasteiger partial charge in [0.1, 0.15) is 0 Å². The Morgan fingerprint density at radius 2 is 1.94 bits per heavy atom. The maximum atomic E-state index is 6.16. The van der Waals surface area contributed by atoms with Gasteiger partial charge in [-0.2, -0.15) is 0 Å². The van der Waals surface area contributed by atoms with Crippen LogP contribution in [-0.4, -0.2) is 0 Å². The van der Waals surface area contributed by atoms with Crippen LogP contribution in [0.4, 0.5) is 0 Å². The standard InChI is InChI=1S/C15H17N/c1-10-5-4-6-12-13(16)9-14(2)8-7-11(10)15(12,14)3/h4-9H,16H2,1-3H3. The zero-order valence-corrected chi connectivity index (χ0v) is 10.0. The van der Waals surface area contributed by atoms with Gasteiger partial charge in [-0.15, -0.1) is 0 Å². The highest BCUT2D eigenvalue weighted by Crippen LogP contribution is 2.63. The van der Waals surface area contributed by atoms with Crippen LogP contribution >= 0.6 is 0 Å². The van der Waals surface area contributed by atoms with E-state index < -0.39 is 0 Å². The molecule has 0 heterocycles. The highest BCUT2D eigenvalue weighted by Gasteiger charge is 2.54. The Kier molecular flexibility index (Phi) is 1.58. The van der Waals surface area contributed by atoms with Crippen molar-refractivity contribution in [3.05, 3.63) is 58.9 Å². The second-order valence-corrected chi connectivity index (χ2v) is 5.38. The number of allylic oxidation sites excluding steroid dienone is 9. The van der Waals surface area contributed by atoms with E-state index in [4.69, 9.17) is 5.73 Å². The van der Waals surface area contributed by atoms with Gasteiger partial charge in [0.15, 0.2) is 0 Å². The Morgan fingerprint density at radius 3 is 2.69 bits per heavy atom. The summed E-state index contributed by atoms with van der Waals surface area (Å²) in [5, 5.41) is 0. The molecule has 0 spiro atoms. The van der Waals surface area contributed by atoms with Gasteiger partial charge in [-0.1, -0.05) is 50.3 Å². The van der Waals surface area contributed by atoms with Crippen LogP contribution in [0.25, 0.3) is 0 Å². The first-order chi connectivity index (χ1) is 7.49. The number of nitrogens with two attached hydrogens (primary N) is 1. The van der Waals surface area contributed by atoms with Crippen LogP contribution < -0.4 is 5.73 Å². The Bertz CT molecular complexity index is 528. The molecule has 16 heavy (non-hydrogen) atoms. The van der Waals surface area contributed by atoms with Gasteiger partial charge in [0.2, 0.25) is 0 Å². The largest absolute Gasteiger partial charge is 0.399 e. The van der Waals surface area contributed by atoms with Crippen molar-refractivity contribution in [1.82, 2.24) is 0 Å². The third kappa shape index (κ3) is 0.835. The Labute approximate surface area is 96.7 Å². The van der Waals surface area contributed by atoms with E-state index in [1.165, 1.54) is 16.7 Å². The predicted octanol–water partition coefficient (Wildman–Crippen LogP) is 3.24. The molecule has 0 aromatic carbocycles. The highest BCUT2D eigenvalue weighted by atomic mass is 14.7. The fourth-order valence-corrected chi connectivity index (χ4v) is 3.36. The van der Waals surface area contributed by atoms with Gasteiger partial charge in [0, 0.05) is 16.5 Å². The van der Waals surface area contributed by atoms with E-state index in [1.807, 2.05) is 0 Å². The summed E-state index contributed by atoms with van der Waals surface area (Å²) in [4.78, 5) is 0. The van der Waals surface area contributed by atoms with Crippen molar-refractivity contribution in [3.63, 3.8) is 0 Å². The molecule has 0 aliphatic heterocycles. The molecule has 3 aliphatic carbocycles. The summed E-state index contributed by atoms with van der Waals surface area (Å²) in [5.41, 5.74) is 11.2. The fourth-order valence-electron chi connectivity index (χ4n) is 3.36. The summed E-state index contributed by atoms with van der Waals surface area (Å²) in [6, 6.07) is 0. The van der Waals surface area contributed by atoms with Crippen molar-refractivity contribution in [1.29, 1.82) is 0 Å². The van der Waals surface area contributed by atoms with Crippen molar-refractivity contribution >= 4 is 0 Å². The first-order valence-corrected chi connectivity index (χ1v) is 5.77. The van der Waals surface area contributed by atoms with Crippen LogP contribution in [0.15, 0.2) is 58.9 Å². The lowest BCUT2D eigenvalue weighted by Gasteiger charge is -2.36. The maximum Gasteiger partial charge on any atom is 0.0324 e. The monoisotopic (exact) mass is 211 g/mol. The van der Waals surface area contributed by atoms with Crippen molar-refractivity contribution < 1.29 is 0 Å². The normalized spacial score (nSPS) is 39.7. The molecule has 3 aliphatic rings. The minimum atomic E-state index is 0.0324. The molecule has 0 aromatic rings. The van der Waals surface area contributed by atoms with Gasteiger partial charge in [-0.25, -0.2) is 0 Å². The molecule has 1 heteroatoms. The van der Waals surface area contributed by atoms with Crippen LogP contribution in [-0.2, 0) is 0 Å². The van der Waals surface area contributed by atoms with Crippen LogP contribution in [0.1, 0.15) is 20.8 Å². The molecule has 0 radical (unpaired) electrons. The number of hydrogen-bond donors (Lipinski definition) is 1. The summed E-state index contributed by atoms with van der Waals surface area (Å²) in [6.45, 7) is 6.75. The SMILES string of the molecule is CC1=C2C=CC3(C)C=C(N)C(=CC=C1)C23C. The zero-order chi connectivity index (χ0) is 11.6. The lowest BCUT2D eigenvalue weighted by Crippen LogP contribution is -2.30. The molecular weight excluding hydrogens is 194 g/mol. The molecule has 2 atom stereocenters. The molecule has 0 saturated carbocycles.